The number of piperidine rings is 1. The number of nitrogens with one attached hydrogen (secondary N) is 1. The highest BCUT2D eigenvalue weighted by Gasteiger charge is 2.31. The lowest BCUT2D eigenvalue weighted by Crippen LogP contribution is -2.40. The van der Waals surface area contributed by atoms with Crippen molar-refractivity contribution in [2.45, 2.75) is 24.9 Å². The van der Waals surface area contributed by atoms with Gasteiger partial charge in [0.05, 0.1) is 0 Å². The van der Waals surface area contributed by atoms with Gasteiger partial charge in [-0.2, -0.15) is 0 Å². The third-order valence-corrected chi connectivity index (χ3v) is 3.48. The van der Waals surface area contributed by atoms with E-state index in [0.717, 1.165) is 24.3 Å². The first-order valence-electron chi connectivity index (χ1n) is 6.06. The summed E-state index contributed by atoms with van der Waals surface area (Å²) in [7, 11) is 0. The molecule has 0 aliphatic carbocycles. The highest BCUT2D eigenvalue weighted by atomic mass is 35.5. The number of hydrogen-bond acceptors (Lipinski definition) is 2. The van der Waals surface area contributed by atoms with Crippen molar-refractivity contribution in [1.82, 2.24) is 14.7 Å². The van der Waals surface area contributed by atoms with Gasteiger partial charge in [0.2, 0.25) is 0 Å². The SMILES string of the molecule is Cl.FC1(Cc2ccn3ccnc3c2)CCNCC1. The zero-order valence-electron chi connectivity index (χ0n) is 10.1. The maximum Gasteiger partial charge on any atom is 0.136 e. The zero-order valence-corrected chi connectivity index (χ0v) is 10.9. The molecule has 0 amide bonds. The highest BCUT2D eigenvalue weighted by Crippen LogP contribution is 2.27. The van der Waals surface area contributed by atoms with E-state index in [1.165, 1.54) is 0 Å². The van der Waals surface area contributed by atoms with Crippen molar-refractivity contribution < 1.29 is 4.39 Å². The van der Waals surface area contributed by atoms with Crippen molar-refractivity contribution in [3.63, 3.8) is 0 Å². The van der Waals surface area contributed by atoms with E-state index in [0.29, 0.717) is 19.3 Å². The standard InChI is InChI=1S/C13H16FN3.ClH/c14-13(2-4-15-5-3-13)10-11-1-7-17-8-6-16-12(17)9-11;/h1,6-9,15H,2-5,10H2;1H. The third kappa shape index (κ3) is 2.65. The number of fused-ring (bicyclic) bond motifs is 1. The molecule has 0 atom stereocenters. The Morgan fingerprint density at radius 2 is 2.11 bits per heavy atom. The zero-order chi connectivity index (χ0) is 11.7. The second-order valence-corrected chi connectivity index (χ2v) is 4.81. The van der Waals surface area contributed by atoms with Crippen LogP contribution in [-0.4, -0.2) is 28.1 Å². The fourth-order valence-electron chi connectivity index (χ4n) is 2.48. The lowest BCUT2D eigenvalue weighted by atomic mass is 9.88. The van der Waals surface area contributed by atoms with Gasteiger partial charge < -0.3 is 9.72 Å². The number of aromatic nitrogens is 2. The lowest BCUT2D eigenvalue weighted by molar-refractivity contribution is 0.116. The van der Waals surface area contributed by atoms with Gasteiger partial charge in [-0.25, -0.2) is 9.37 Å². The van der Waals surface area contributed by atoms with Crippen LogP contribution in [0.15, 0.2) is 30.7 Å². The summed E-state index contributed by atoms with van der Waals surface area (Å²) in [6, 6.07) is 3.96. The van der Waals surface area contributed by atoms with Gasteiger partial charge in [-0.15, -0.1) is 12.4 Å². The summed E-state index contributed by atoms with van der Waals surface area (Å²) in [4.78, 5) is 4.22. The van der Waals surface area contributed by atoms with E-state index >= 15 is 0 Å². The molecular formula is C13H17ClFN3. The molecule has 1 N–H and O–H groups in total. The minimum Gasteiger partial charge on any atom is -0.316 e. The van der Waals surface area contributed by atoms with E-state index in [4.69, 9.17) is 0 Å². The molecule has 1 saturated heterocycles. The molecule has 2 aromatic rings. The van der Waals surface area contributed by atoms with Gasteiger partial charge in [0.1, 0.15) is 11.3 Å². The Balaban J connectivity index is 0.00000120. The second-order valence-electron chi connectivity index (χ2n) is 4.81. The predicted molar refractivity (Wildman–Crippen MR) is 72.1 cm³/mol. The maximum atomic E-state index is 14.5. The van der Waals surface area contributed by atoms with E-state index in [-0.39, 0.29) is 12.4 Å². The molecule has 3 heterocycles. The van der Waals surface area contributed by atoms with E-state index in [1.807, 2.05) is 28.9 Å². The summed E-state index contributed by atoms with van der Waals surface area (Å²) in [5, 5.41) is 3.19. The summed E-state index contributed by atoms with van der Waals surface area (Å²) < 4.78 is 16.5. The molecule has 0 unspecified atom stereocenters. The first kappa shape index (κ1) is 13.3. The van der Waals surface area contributed by atoms with Crippen molar-refractivity contribution in [1.29, 1.82) is 0 Å². The summed E-state index contributed by atoms with van der Waals surface area (Å²) >= 11 is 0. The van der Waals surface area contributed by atoms with E-state index in [9.17, 15) is 4.39 Å². The van der Waals surface area contributed by atoms with Crippen LogP contribution in [0.5, 0.6) is 0 Å². The molecule has 1 fully saturated rings. The first-order valence-corrected chi connectivity index (χ1v) is 6.06. The van der Waals surface area contributed by atoms with Crippen LogP contribution < -0.4 is 5.32 Å². The van der Waals surface area contributed by atoms with Crippen LogP contribution in [-0.2, 0) is 6.42 Å². The Hall–Kier alpha value is -1.13. The summed E-state index contributed by atoms with van der Waals surface area (Å²) in [5.74, 6) is 0. The number of halogens is 2. The minimum absolute atomic E-state index is 0. The smallest absolute Gasteiger partial charge is 0.136 e. The van der Waals surface area contributed by atoms with Crippen molar-refractivity contribution in [3.8, 4) is 0 Å². The molecule has 98 valence electrons. The fourth-order valence-corrected chi connectivity index (χ4v) is 2.48. The van der Waals surface area contributed by atoms with Gasteiger partial charge >= 0.3 is 0 Å². The molecule has 2 aromatic heterocycles. The Morgan fingerprint density at radius 1 is 1.33 bits per heavy atom. The largest absolute Gasteiger partial charge is 0.316 e. The Labute approximate surface area is 112 Å². The van der Waals surface area contributed by atoms with Crippen molar-refractivity contribution in [3.05, 3.63) is 36.3 Å². The Kier molecular flexibility index (Phi) is 3.88. The molecule has 0 spiro atoms. The molecule has 0 saturated carbocycles. The minimum atomic E-state index is -1.05. The van der Waals surface area contributed by atoms with Crippen LogP contribution in [0.3, 0.4) is 0 Å². The summed E-state index contributed by atoms with van der Waals surface area (Å²) in [5.41, 5.74) is 0.879. The second kappa shape index (κ2) is 5.24. The van der Waals surface area contributed by atoms with Crippen LogP contribution >= 0.6 is 12.4 Å². The Bertz CT molecular complexity index is 520. The lowest BCUT2D eigenvalue weighted by Gasteiger charge is -2.30. The quantitative estimate of drug-likeness (QED) is 0.907. The van der Waals surface area contributed by atoms with Crippen LogP contribution in [0.4, 0.5) is 4.39 Å². The molecule has 1 aliphatic heterocycles. The molecule has 0 bridgehead atoms. The molecule has 18 heavy (non-hydrogen) atoms. The molecule has 5 heteroatoms. The number of alkyl halides is 1. The average Bonchev–Trinajstić information content (AvgIpc) is 2.76. The number of hydrogen-bond donors (Lipinski definition) is 1. The van der Waals surface area contributed by atoms with E-state index < -0.39 is 5.67 Å². The number of pyridine rings is 1. The third-order valence-electron chi connectivity index (χ3n) is 3.48. The molecule has 1 aliphatic rings. The van der Waals surface area contributed by atoms with Gasteiger partial charge in [0.15, 0.2) is 0 Å². The number of imidazole rings is 1. The molecule has 3 nitrogen and oxygen atoms in total. The summed E-state index contributed by atoms with van der Waals surface area (Å²) in [6.45, 7) is 1.56. The average molecular weight is 270 g/mol. The monoisotopic (exact) mass is 269 g/mol. The van der Waals surface area contributed by atoms with Crippen molar-refractivity contribution >= 4 is 18.1 Å². The topological polar surface area (TPSA) is 29.3 Å². The molecular weight excluding hydrogens is 253 g/mol. The maximum absolute atomic E-state index is 14.5. The van der Waals surface area contributed by atoms with Crippen LogP contribution in [0.25, 0.3) is 5.65 Å². The van der Waals surface area contributed by atoms with Gasteiger partial charge in [0.25, 0.3) is 0 Å². The van der Waals surface area contributed by atoms with E-state index in [1.54, 1.807) is 6.20 Å². The number of nitrogens with zero attached hydrogens (tertiary/aromatic N) is 2. The number of rotatable bonds is 2. The molecule has 3 rings (SSSR count). The summed E-state index contributed by atoms with van der Waals surface area (Å²) in [6.07, 6.45) is 7.31. The molecule has 0 radical (unpaired) electrons. The van der Waals surface area contributed by atoms with Gasteiger partial charge in [0, 0.05) is 25.0 Å². The normalized spacial score (nSPS) is 18.5. The van der Waals surface area contributed by atoms with Gasteiger partial charge in [-0.3, -0.25) is 0 Å². The van der Waals surface area contributed by atoms with Crippen molar-refractivity contribution in [2.24, 2.45) is 0 Å². The fraction of sp³-hybridized carbons (Fsp3) is 0.462. The highest BCUT2D eigenvalue weighted by molar-refractivity contribution is 5.85. The van der Waals surface area contributed by atoms with Crippen LogP contribution in [0, 0.1) is 0 Å². The van der Waals surface area contributed by atoms with Gasteiger partial charge in [-0.1, -0.05) is 0 Å². The van der Waals surface area contributed by atoms with E-state index in [2.05, 4.69) is 10.3 Å². The Morgan fingerprint density at radius 3 is 2.89 bits per heavy atom. The first-order chi connectivity index (χ1) is 8.25. The van der Waals surface area contributed by atoms with Crippen molar-refractivity contribution in [2.75, 3.05) is 13.1 Å². The van der Waals surface area contributed by atoms with Gasteiger partial charge in [-0.05, 0) is 43.6 Å². The van der Waals surface area contributed by atoms with Crippen LogP contribution in [0.1, 0.15) is 18.4 Å². The predicted octanol–water partition coefficient (Wildman–Crippen LogP) is 2.39. The molecule has 0 aromatic carbocycles. The van der Waals surface area contributed by atoms with Crippen LogP contribution in [0.2, 0.25) is 0 Å².